The van der Waals surface area contributed by atoms with Gasteiger partial charge in [0.1, 0.15) is 26.6 Å². The first-order valence-corrected chi connectivity index (χ1v) is 7.30. The highest BCUT2D eigenvalue weighted by Gasteiger charge is 2.49. The van der Waals surface area contributed by atoms with Gasteiger partial charge in [0, 0.05) is 13.1 Å². The molecule has 0 N–H and O–H groups in total. The van der Waals surface area contributed by atoms with E-state index >= 15 is 0 Å². The van der Waals surface area contributed by atoms with Crippen molar-refractivity contribution in [3.8, 4) is 0 Å². The molecule has 0 aliphatic carbocycles. The summed E-state index contributed by atoms with van der Waals surface area (Å²) in [4.78, 5) is 30.1. The van der Waals surface area contributed by atoms with Gasteiger partial charge >= 0.3 is 0 Å². The molecule has 4 aliphatic heterocycles. The first-order valence-electron chi connectivity index (χ1n) is 7.30. The molecule has 4 saturated heterocycles. The summed E-state index contributed by atoms with van der Waals surface area (Å²) in [6, 6.07) is 1.38. The van der Waals surface area contributed by atoms with Crippen LogP contribution in [0.5, 0.6) is 0 Å². The van der Waals surface area contributed by atoms with Gasteiger partial charge in [-0.05, 0) is 0 Å². The number of carbonyl (C=O) groups excluding carboxylic acids is 1. The Hall–Kier alpha value is -1.33. The second-order valence-corrected chi connectivity index (χ2v) is 6.74. The summed E-state index contributed by atoms with van der Waals surface area (Å²) >= 11 is 0. The molecule has 10 heteroatoms. The molecule has 0 spiro atoms. The Morgan fingerprint density at radius 2 is 1.74 bits per heavy atom. The molecule has 0 amide bonds. The molecule has 0 radical (unpaired) electrons. The highest BCUT2D eigenvalue weighted by atomic mass is 79.9. The number of Topliss-reactive ketones (excluding diaryl/α,β-unsaturated/α-hetero) is 1. The summed E-state index contributed by atoms with van der Waals surface area (Å²) < 4.78 is 2.27. The van der Waals surface area contributed by atoms with Crippen LogP contribution in [0.1, 0.15) is 10.5 Å². The van der Waals surface area contributed by atoms with Gasteiger partial charge in [0.25, 0.3) is 5.69 Å². The number of carbonyl (C=O) groups is 1. The minimum absolute atomic E-state index is 0. The first kappa shape index (κ1) is 16.5. The van der Waals surface area contributed by atoms with Crippen LogP contribution in [-0.2, 0) is 7.05 Å². The predicted molar refractivity (Wildman–Crippen MR) is 76.2 cm³/mol. The SMILES string of the molecule is Cn1cc([N+](=O)[O-])cc1C(=O)C[N+]12CN3CN(CN(C3)C1)C2.[Br-]. The smallest absolute Gasteiger partial charge is 0.287 e. The summed E-state index contributed by atoms with van der Waals surface area (Å²) in [6.07, 6.45) is 1.40. The largest absolute Gasteiger partial charge is 1.00 e. The van der Waals surface area contributed by atoms with Crippen LogP contribution in [0.2, 0.25) is 0 Å². The summed E-state index contributed by atoms with van der Waals surface area (Å²) in [5, 5.41) is 10.9. The average Bonchev–Trinajstić information content (AvgIpc) is 2.79. The zero-order valence-electron chi connectivity index (χ0n) is 12.9. The van der Waals surface area contributed by atoms with Gasteiger partial charge < -0.3 is 21.5 Å². The van der Waals surface area contributed by atoms with Crippen molar-refractivity contribution in [2.45, 2.75) is 0 Å². The zero-order chi connectivity index (χ0) is 15.5. The molecule has 0 atom stereocenters. The number of quaternary nitrogens is 1. The van der Waals surface area contributed by atoms with Crippen LogP contribution in [0.25, 0.3) is 0 Å². The Kier molecular flexibility index (Phi) is 4.05. The summed E-state index contributed by atoms with van der Waals surface area (Å²) in [5.41, 5.74) is 0.390. The molecule has 5 heterocycles. The van der Waals surface area contributed by atoms with Crippen LogP contribution in [0.4, 0.5) is 5.69 Å². The maximum Gasteiger partial charge on any atom is 0.287 e. The fraction of sp³-hybridized carbons (Fsp3) is 0.615. The fourth-order valence-electron chi connectivity index (χ4n) is 4.12. The first-order chi connectivity index (χ1) is 10.4. The lowest BCUT2D eigenvalue weighted by molar-refractivity contribution is -0.973. The topological polar surface area (TPSA) is 74.9 Å². The van der Waals surface area contributed by atoms with Crippen molar-refractivity contribution in [2.24, 2.45) is 7.05 Å². The summed E-state index contributed by atoms with van der Waals surface area (Å²) in [5.74, 6) is -0.0267. The van der Waals surface area contributed by atoms with Crippen LogP contribution in [0.15, 0.2) is 12.3 Å². The highest BCUT2D eigenvalue weighted by molar-refractivity contribution is 5.96. The second kappa shape index (κ2) is 5.64. The third kappa shape index (κ3) is 2.81. The van der Waals surface area contributed by atoms with E-state index in [1.54, 1.807) is 11.6 Å². The van der Waals surface area contributed by atoms with E-state index in [0.29, 0.717) is 16.7 Å². The summed E-state index contributed by atoms with van der Waals surface area (Å²) in [7, 11) is 1.68. The van der Waals surface area contributed by atoms with Gasteiger partial charge in [-0.1, -0.05) is 0 Å². The highest BCUT2D eigenvalue weighted by Crippen LogP contribution is 2.29. The van der Waals surface area contributed by atoms with E-state index in [0.717, 1.165) is 40.0 Å². The van der Waals surface area contributed by atoms with Crippen molar-refractivity contribution in [3.05, 3.63) is 28.1 Å². The zero-order valence-corrected chi connectivity index (χ0v) is 14.5. The number of nitrogens with zero attached hydrogens (tertiary/aromatic N) is 6. The maximum atomic E-state index is 12.7. The van der Waals surface area contributed by atoms with Crippen LogP contribution in [0.3, 0.4) is 0 Å². The van der Waals surface area contributed by atoms with E-state index in [2.05, 4.69) is 14.7 Å². The van der Waals surface area contributed by atoms with E-state index in [1.165, 1.54) is 12.3 Å². The second-order valence-electron chi connectivity index (χ2n) is 6.74. The predicted octanol–water partition coefficient (Wildman–Crippen LogP) is -3.37. The molecular weight excluding hydrogens is 368 g/mol. The van der Waals surface area contributed by atoms with Crippen LogP contribution < -0.4 is 17.0 Å². The fourth-order valence-corrected chi connectivity index (χ4v) is 4.12. The lowest BCUT2D eigenvalue weighted by atomic mass is 10.2. The molecule has 23 heavy (non-hydrogen) atoms. The molecule has 1 aromatic rings. The standard InChI is InChI=1S/C13H19N6O3.BrH/c1-14-3-11(18(21)22)2-12(14)13(20)4-19-8-15-5-16(9-19)7-17(6-15)10-19;/h2-3H,4-10H2,1H3;1H/q+1;/p-1. The van der Waals surface area contributed by atoms with Gasteiger partial charge in [-0.25, -0.2) is 14.7 Å². The normalized spacial score (nSPS) is 34.2. The number of hydrogen-bond donors (Lipinski definition) is 0. The molecule has 4 bridgehead atoms. The quantitative estimate of drug-likeness (QED) is 0.233. The molecule has 0 saturated carbocycles. The van der Waals surface area contributed by atoms with Crippen molar-refractivity contribution < 1.29 is 31.2 Å². The van der Waals surface area contributed by atoms with Gasteiger partial charge in [0.15, 0.2) is 0 Å². The Balaban J connectivity index is 0.00000156. The lowest BCUT2D eigenvalue weighted by Crippen LogP contribution is -3.00. The Morgan fingerprint density at radius 3 is 2.17 bits per heavy atom. The van der Waals surface area contributed by atoms with E-state index in [4.69, 9.17) is 0 Å². The number of hydrogen-bond acceptors (Lipinski definition) is 6. The van der Waals surface area contributed by atoms with E-state index in [9.17, 15) is 14.9 Å². The molecular formula is C13H19BrN6O3. The number of ketones is 1. The van der Waals surface area contributed by atoms with Crippen molar-refractivity contribution in [2.75, 3.05) is 46.6 Å². The van der Waals surface area contributed by atoms with E-state index < -0.39 is 4.92 Å². The lowest BCUT2D eigenvalue weighted by Gasteiger charge is -2.60. The molecule has 1 aromatic heterocycles. The average molecular weight is 387 g/mol. The van der Waals surface area contributed by atoms with Crippen molar-refractivity contribution in [1.29, 1.82) is 0 Å². The number of rotatable bonds is 4. The van der Waals surface area contributed by atoms with Gasteiger partial charge in [-0.2, -0.15) is 0 Å². The molecule has 4 aliphatic rings. The van der Waals surface area contributed by atoms with Gasteiger partial charge in [0.2, 0.25) is 5.78 Å². The number of aryl methyl sites for hydroxylation is 1. The van der Waals surface area contributed by atoms with Gasteiger partial charge in [0.05, 0.1) is 36.8 Å². The Morgan fingerprint density at radius 1 is 1.22 bits per heavy atom. The summed E-state index contributed by atoms with van der Waals surface area (Å²) in [6.45, 7) is 5.95. The van der Waals surface area contributed by atoms with Gasteiger partial charge in [-0.15, -0.1) is 0 Å². The molecule has 4 fully saturated rings. The monoisotopic (exact) mass is 386 g/mol. The molecule has 5 rings (SSSR count). The number of halogens is 1. The number of nitro groups is 1. The van der Waals surface area contributed by atoms with E-state index in [1.807, 2.05) is 0 Å². The molecule has 9 nitrogen and oxygen atoms in total. The van der Waals surface area contributed by atoms with Crippen LogP contribution >= 0.6 is 0 Å². The van der Waals surface area contributed by atoms with Crippen LogP contribution in [-0.4, -0.2) is 81.0 Å². The molecule has 0 aromatic carbocycles. The molecule has 126 valence electrons. The Bertz CT molecular complexity index is 625. The third-order valence-corrected chi connectivity index (χ3v) is 4.67. The maximum absolute atomic E-state index is 12.7. The van der Waals surface area contributed by atoms with Gasteiger partial charge in [-0.3, -0.25) is 19.4 Å². The Labute approximate surface area is 144 Å². The third-order valence-electron chi connectivity index (χ3n) is 4.67. The van der Waals surface area contributed by atoms with Crippen molar-refractivity contribution in [3.63, 3.8) is 0 Å². The minimum atomic E-state index is -0.459. The molecule has 0 unspecified atom stereocenters. The van der Waals surface area contributed by atoms with E-state index in [-0.39, 0.29) is 28.5 Å². The minimum Gasteiger partial charge on any atom is -1.00 e. The number of aromatic nitrogens is 1. The van der Waals surface area contributed by atoms with Crippen molar-refractivity contribution >= 4 is 11.5 Å². The van der Waals surface area contributed by atoms with Crippen molar-refractivity contribution in [1.82, 2.24) is 19.3 Å². The van der Waals surface area contributed by atoms with Crippen LogP contribution in [0, 0.1) is 10.1 Å².